The molecule has 3 N–H and O–H groups in total. The van der Waals surface area contributed by atoms with E-state index in [2.05, 4.69) is 15.3 Å². The number of nitrogens with two attached hydrogens (primary N) is 1. The number of hydrogen-bond donors (Lipinski definition) is 2. The number of alkyl halides is 3. The summed E-state index contributed by atoms with van der Waals surface area (Å²) in [4.78, 5) is 19.7. The van der Waals surface area contributed by atoms with E-state index >= 15 is 0 Å². The van der Waals surface area contributed by atoms with Gasteiger partial charge in [-0.1, -0.05) is 32.9 Å². The molecule has 0 aliphatic rings. The number of carbonyl (C=O) groups is 1. The molecule has 3 aromatic rings. The molecule has 0 atom stereocenters. The lowest BCUT2D eigenvalue weighted by atomic mass is 9.86. The van der Waals surface area contributed by atoms with Crippen molar-refractivity contribution in [2.24, 2.45) is 5.14 Å². The zero-order chi connectivity index (χ0) is 25.3. The molecular weight excluding hydrogens is 473 g/mol. The smallest absolute Gasteiger partial charge is 0.433 e. The second-order valence-corrected chi connectivity index (χ2v) is 9.89. The molecule has 0 spiro atoms. The van der Waals surface area contributed by atoms with Crippen LogP contribution >= 0.6 is 0 Å². The first-order valence-electron chi connectivity index (χ1n) is 9.80. The van der Waals surface area contributed by atoms with Gasteiger partial charge in [0.15, 0.2) is 5.69 Å². The summed E-state index contributed by atoms with van der Waals surface area (Å²) in [5.74, 6) is -1.13. The van der Waals surface area contributed by atoms with Crippen molar-refractivity contribution in [3.63, 3.8) is 0 Å². The molecule has 0 bridgehead atoms. The van der Waals surface area contributed by atoms with Crippen molar-refractivity contribution < 1.29 is 31.1 Å². The fourth-order valence-corrected chi connectivity index (χ4v) is 3.43. The van der Waals surface area contributed by atoms with Crippen LogP contribution in [0.3, 0.4) is 0 Å². The van der Waals surface area contributed by atoms with Crippen LogP contribution in [0.15, 0.2) is 59.8 Å². The maximum atomic E-state index is 13.0. The number of carbonyl (C=O) groups excluding carboxylic acids is 1. The topological polar surface area (TPSA) is 124 Å². The van der Waals surface area contributed by atoms with Crippen LogP contribution in [0.25, 0.3) is 0 Å². The normalized spacial score (nSPS) is 12.3. The van der Waals surface area contributed by atoms with Gasteiger partial charge in [0.1, 0.15) is 12.1 Å². The minimum atomic E-state index is -4.71. The fraction of sp³-hybridized carbons (Fsp3) is 0.227. The molecule has 0 fully saturated rings. The Morgan fingerprint density at radius 3 is 2.35 bits per heavy atom. The van der Waals surface area contributed by atoms with E-state index in [-0.39, 0.29) is 27.3 Å². The Labute approximate surface area is 194 Å². The van der Waals surface area contributed by atoms with Gasteiger partial charge in [0.2, 0.25) is 15.9 Å². The van der Waals surface area contributed by atoms with Crippen molar-refractivity contribution in [3.8, 4) is 11.6 Å². The number of benzene rings is 2. The summed E-state index contributed by atoms with van der Waals surface area (Å²) >= 11 is 0. The number of aromatic nitrogens is 2. The van der Waals surface area contributed by atoms with Gasteiger partial charge in [-0.25, -0.2) is 23.5 Å². The summed E-state index contributed by atoms with van der Waals surface area (Å²) in [6.45, 7) is 5.74. The Morgan fingerprint density at radius 2 is 1.74 bits per heavy atom. The Hall–Kier alpha value is -3.51. The monoisotopic (exact) mass is 494 g/mol. The number of amides is 1. The molecular formula is C22H21F3N4O4S. The number of anilines is 1. The summed E-state index contributed by atoms with van der Waals surface area (Å²) in [6.07, 6.45) is -3.99. The number of hydrogen-bond acceptors (Lipinski definition) is 6. The summed E-state index contributed by atoms with van der Waals surface area (Å²) in [6, 6.07) is 10.6. The molecule has 0 saturated carbocycles. The maximum Gasteiger partial charge on any atom is 0.433 e. The van der Waals surface area contributed by atoms with Crippen LogP contribution in [0.1, 0.15) is 42.4 Å². The highest BCUT2D eigenvalue weighted by atomic mass is 32.2. The molecule has 0 saturated heterocycles. The molecule has 1 amide bonds. The first-order chi connectivity index (χ1) is 15.6. The third-order valence-corrected chi connectivity index (χ3v) is 5.57. The second-order valence-electron chi connectivity index (χ2n) is 8.33. The van der Waals surface area contributed by atoms with Crippen molar-refractivity contribution in [1.29, 1.82) is 0 Å². The molecule has 1 aromatic heterocycles. The highest BCUT2D eigenvalue weighted by molar-refractivity contribution is 7.89. The number of sulfonamides is 1. The third-order valence-electron chi connectivity index (χ3n) is 4.66. The van der Waals surface area contributed by atoms with E-state index in [1.165, 1.54) is 36.4 Å². The van der Waals surface area contributed by atoms with Crippen LogP contribution in [0.4, 0.5) is 18.9 Å². The van der Waals surface area contributed by atoms with Crippen molar-refractivity contribution in [1.82, 2.24) is 9.97 Å². The summed E-state index contributed by atoms with van der Waals surface area (Å²) < 4.78 is 67.8. The van der Waals surface area contributed by atoms with E-state index in [1.54, 1.807) is 6.07 Å². The molecule has 34 heavy (non-hydrogen) atoms. The largest absolute Gasteiger partial charge is 0.438 e. The first kappa shape index (κ1) is 25.1. The molecule has 12 heteroatoms. The van der Waals surface area contributed by atoms with Crippen molar-refractivity contribution in [3.05, 3.63) is 71.7 Å². The van der Waals surface area contributed by atoms with Gasteiger partial charge in [0.25, 0.3) is 5.91 Å². The average Bonchev–Trinajstić information content (AvgIpc) is 2.72. The number of ether oxygens (including phenoxy) is 1. The Balaban J connectivity index is 2.00. The van der Waals surface area contributed by atoms with Gasteiger partial charge in [-0.05, 0) is 41.3 Å². The Kier molecular flexibility index (Phi) is 6.67. The van der Waals surface area contributed by atoms with Crippen LogP contribution in [0.2, 0.25) is 0 Å². The van der Waals surface area contributed by atoms with Crippen molar-refractivity contribution >= 4 is 21.6 Å². The van der Waals surface area contributed by atoms with Crippen LogP contribution in [-0.2, 0) is 21.6 Å². The number of primary sulfonamides is 1. The van der Waals surface area contributed by atoms with E-state index in [1.807, 2.05) is 20.8 Å². The minimum Gasteiger partial charge on any atom is -0.438 e. The standard InChI is InChI=1S/C22H21F3N4O4S/c1-21(2,3)13-7-8-16(20(30)29-14-5-4-6-15(10-14)34(26,31)32)17(9-13)33-19-11-18(22(23,24)25)27-12-28-19/h4-12H,1-3H3,(H,29,30)(H2,26,31,32). The summed E-state index contributed by atoms with van der Waals surface area (Å²) in [5.41, 5.74) is -0.680. The summed E-state index contributed by atoms with van der Waals surface area (Å²) in [7, 11) is -3.99. The number of halogens is 3. The molecule has 0 aliphatic heterocycles. The molecule has 180 valence electrons. The zero-order valence-corrected chi connectivity index (χ0v) is 19.2. The fourth-order valence-electron chi connectivity index (χ4n) is 2.87. The lowest BCUT2D eigenvalue weighted by Crippen LogP contribution is -2.17. The van der Waals surface area contributed by atoms with Crippen LogP contribution in [-0.4, -0.2) is 24.3 Å². The van der Waals surface area contributed by atoms with E-state index in [0.29, 0.717) is 12.4 Å². The minimum absolute atomic E-state index is 0.0128. The maximum absolute atomic E-state index is 13.0. The van der Waals surface area contributed by atoms with Crippen molar-refractivity contribution in [2.75, 3.05) is 5.32 Å². The highest BCUT2D eigenvalue weighted by Crippen LogP contribution is 2.34. The van der Waals surface area contributed by atoms with E-state index in [4.69, 9.17) is 9.88 Å². The Bertz CT molecular complexity index is 1340. The predicted octanol–water partition coefficient (Wildman–Crippen LogP) is 4.48. The van der Waals surface area contributed by atoms with Crippen LogP contribution in [0.5, 0.6) is 11.6 Å². The summed E-state index contributed by atoms with van der Waals surface area (Å²) in [5, 5.41) is 7.66. The SMILES string of the molecule is CC(C)(C)c1ccc(C(=O)Nc2cccc(S(N)(=O)=O)c2)c(Oc2cc(C(F)(F)F)ncn2)c1. The van der Waals surface area contributed by atoms with Gasteiger partial charge in [-0.2, -0.15) is 13.2 Å². The van der Waals surface area contributed by atoms with E-state index in [9.17, 15) is 26.4 Å². The lowest BCUT2D eigenvalue weighted by molar-refractivity contribution is -0.141. The molecule has 3 rings (SSSR count). The van der Waals surface area contributed by atoms with Crippen molar-refractivity contribution in [2.45, 2.75) is 37.3 Å². The van der Waals surface area contributed by atoms with Gasteiger partial charge in [-0.3, -0.25) is 4.79 Å². The van der Waals surface area contributed by atoms with E-state index in [0.717, 1.165) is 5.56 Å². The Morgan fingerprint density at radius 1 is 1.03 bits per heavy atom. The predicted molar refractivity (Wildman–Crippen MR) is 118 cm³/mol. The highest BCUT2D eigenvalue weighted by Gasteiger charge is 2.33. The number of nitrogens with zero attached hydrogens (tertiary/aromatic N) is 2. The second kappa shape index (κ2) is 9.03. The average molecular weight is 494 g/mol. The van der Waals surface area contributed by atoms with Crippen LogP contribution < -0.4 is 15.2 Å². The van der Waals surface area contributed by atoms with Gasteiger partial charge in [0, 0.05) is 11.8 Å². The number of rotatable bonds is 5. The van der Waals surface area contributed by atoms with E-state index < -0.39 is 33.7 Å². The number of nitrogens with one attached hydrogen (secondary N) is 1. The van der Waals surface area contributed by atoms with Gasteiger partial charge < -0.3 is 10.1 Å². The first-order valence-corrected chi connectivity index (χ1v) is 11.3. The molecule has 0 unspecified atom stereocenters. The molecule has 1 heterocycles. The van der Waals surface area contributed by atoms with Gasteiger partial charge >= 0.3 is 6.18 Å². The molecule has 0 radical (unpaired) electrons. The lowest BCUT2D eigenvalue weighted by Gasteiger charge is -2.21. The quantitative estimate of drug-likeness (QED) is 0.539. The molecule has 0 aliphatic carbocycles. The molecule has 2 aromatic carbocycles. The van der Waals surface area contributed by atoms with Gasteiger partial charge in [-0.15, -0.1) is 0 Å². The third kappa shape index (κ3) is 6.08. The molecule has 8 nitrogen and oxygen atoms in total. The van der Waals surface area contributed by atoms with Gasteiger partial charge in [0.05, 0.1) is 10.5 Å². The van der Waals surface area contributed by atoms with Crippen LogP contribution in [0, 0.1) is 0 Å². The zero-order valence-electron chi connectivity index (χ0n) is 18.3.